The van der Waals surface area contributed by atoms with Crippen LogP contribution in [0.4, 0.5) is 0 Å². The molecule has 1 aliphatic rings. The fourth-order valence-corrected chi connectivity index (χ4v) is 4.81. The molecule has 1 atom stereocenters. The van der Waals surface area contributed by atoms with Crippen molar-refractivity contribution >= 4 is 33.8 Å². The van der Waals surface area contributed by atoms with Crippen molar-refractivity contribution in [3.8, 4) is 5.69 Å². The maximum atomic E-state index is 13.3. The van der Waals surface area contributed by atoms with Gasteiger partial charge >= 0.3 is 0 Å². The van der Waals surface area contributed by atoms with E-state index in [0.29, 0.717) is 17.3 Å². The molecule has 0 saturated carbocycles. The predicted octanol–water partition coefficient (Wildman–Crippen LogP) is 4.52. The molecule has 1 unspecified atom stereocenters. The van der Waals surface area contributed by atoms with Crippen LogP contribution >= 0.6 is 23.6 Å². The van der Waals surface area contributed by atoms with E-state index in [1.54, 1.807) is 15.9 Å². The lowest BCUT2D eigenvalue weighted by molar-refractivity contribution is 0.00200. The van der Waals surface area contributed by atoms with Crippen LogP contribution in [-0.4, -0.2) is 15.7 Å². The van der Waals surface area contributed by atoms with Gasteiger partial charge in [-0.2, -0.15) is 0 Å². The fourth-order valence-electron chi connectivity index (χ4n) is 3.32. The zero-order chi connectivity index (χ0) is 17.7. The molecule has 1 aliphatic heterocycles. The summed E-state index contributed by atoms with van der Waals surface area (Å²) in [5, 5.41) is 0.767. The number of aryl methyl sites for hydroxylation is 1. The van der Waals surface area contributed by atoms with Crippen LogP contribution in [0.3, 0.4) is 0 Å². The molecule has 3 heterocycles. The van der Waals surface area contributed by atoms with E-state index in [2.05, 4.69) is 18.8 Å². The van der Waals surface area contributed by atoms with E-state index in [9.17, 15) is 4.79 Å². The maximum Gasteiger partial charge on any atom is 0.267 e. The maximum absolute atomic E-state index is 13.3. The Kier molecular flexibility index (Phi) is 4.14. The zero-order valence-electron chi connectivity index (χ0n) is 14.5. The van der Waals surface area contributed by atoms with Crippen molar-refractivity contribution in [1.29, 1.82) is 0 Å². The average molecular weight is 373 g/mol. The summed E-state index contributed by atoms with van der Waals surface area (Å²) in [6, 6.07) is 7.86. The molecule has 0 spiro atoms. The number of nitrogens with zero attached hydrogens (tertiary/aromatic N) is 1. The van der Waals surface area contributed by atoms with E-state index < -0.39 is 0 Å². The van der Waals surface area contributed by atoms with Crippen molar-refractivity contribution in [1.82, 2.24) is 9.55 Å². The fraction of sp³-hybridized carbons (Fsp3) is 0.368. The summed E-state index contributed by atoms with van der Waals surface area (Å²) in [7, 11) is 0. The van der Waals surface area contributed by atoms with Crippen LogP contribution in [0.5, 0.6) is 0 Å². The van der Waals surface area contributed by atoms with Gasteiger partial charge in [-0.25, -0.2) is 0 Å². The number of nitrogens with one attached hydrogen (secondary N) is 1. The monoisotopic (exact) mass is 372 g/mol. The van der Waals surface area contributed by atoms with E-state index in [1.165, 1.54) is 0 Å². The number of hydrogen-bond donors (Lipinski definition) is 1. The molecule has 0 amide bonds. The van der Waals surface area contributed by atoms with Gasteiger partial charge < -0.3 is 9.72 Å². The number of ether oxygens (including phenoxy) is 1. The average Bonchev–Trinajstić information content (AvgIpc) is 2.93. The largest absolute Gasteiger partial charge is 0.372 e. The molecule has 0 radical (unpaired) electrons. The number of thiophene rings is 1. The summed E-state index contributed by atoms with van der Waals surface area (Å²) >= 11 is 7.06. The lowest BCUT2D eigenvalue weighted by Gasteiger charge is -2.26. The molecule has 4 nitrogen and oxygen atoms in total. The van der Waals surface area contributed by atoms with Crippen LogP contribution in [0, 0.1) is 17.6 Å². The number of H-pyrrole nitrogens is 1. The molecule has 1 aromatic carbocycles. The molecule has 4 rings (SSSR count). The second-order valence-corrected chi connectivity index (χ2v) is 8.40. The van der Waals surface area contributed by atoms with Gasteiger partial charge in [0.2, 0.25) is 0 Å². The van der Waals surface area contributed by atoms with Crippen LogP contribution in [0.15, 0.2) is 29.1 Å². The Hall–Kier alpha value is -1.76. The van der Waals surface area contributed by atoms with E-state index >= 15 is 0 Å². The molecule has 0 saturated heterocycles. The Morgan fingerprint density at radius 2 is 2.04 bits per heavy atom. The van der Waals surface area contributed by atoms with Gasteiger partial charge in [0, 0.05) is 11.3 Å². The molecule has 6 heteroatoms. The number of fused-ring (bicyclic) bond motifs is 3. The summed E-state index contributed by atoms with van der Waals surface area (Å²) in [4.78, 5) is 18.5. The summed E-state index contributed by atoms with van der Waals surface area (Å²) < 4.78 is 7.99. The number of rotatable bonds is 2. The van der Waals surface area contributed by atoms with Crippen LogP contribution < -0.4 is 5.56 Å². The van der Waals surface area contributed by atoms with E-state index in [1.807, 2.05) is 31.2 Å². The van der Waals surface area contributed by atoms with Crippen molar-refractivity contribution in [2.75, 3.05) is 0 Å². The molecule has 0 fully saturated rings. The highest BCUT2D eigenvalue weighted by Gasteiger charge is 2.27. The quantitative estimate of drug-likeness (QED) is 0.673. The van der Waals surface area contributed by atoms with E-state index in [4.69, 9.17) is 17.0 Å². The Labute approximate surface area is 155 Å². The normalized spacial score (nSPS) is 17.2. The van der Waals surface area contributed by atoms with Crippen LogP contribution in [0.1, 0.15) is 29.9 Å². The first-order chi connectivity index (χ1) is 12.0. The first-order valence-electron chi connectivity index (χ1n) is 8.44. The second-order valence-electron chi connectivity index (χ2n) is 6.91. The van der Waals surface area contributed by atoms with Gasteiger partial charge in [-0.05, 0) is 42.8 Å². The zero-order valence-corrected chi connectivity index (χ0v) is 16.1. The summed E-state index contributed by atoms with van der Waals surface area (Å²) in [6.45, 7) is 6.91. The molecular formula is C19H20N2O2S2. The minimum absolute atomic E-state index is 0.0375. The standard InChI is InChI=1S/C19H20N2O2S2/c1-10(2)14-8-13-15(9-23-14)25-17-16(13)18(22)21(19(24)20-17)12-6-4-11(3)5-7-12/h4-7,10,14H,8-9H2,1-3H3,(H,20,24). The Morgan fingerprint density at radius 1 is 1.32 bits per heavy atom. The molecule has 130 valence electrons. The van der Waals surface area contributed by atoms with Crippen molar-refractivity contribution in [2.45, 2.75) is 39.9 Å². The van der Waals surface area contributed by atoms with Crippen LogP contribution in [0.2, 0.25) is 0 Å². The minimum atomic E-state index is -0.0375. The van der Waals surface area contributed by atoms with Crippen LogP contribution in [0.25, 0.3) is 15.9 Å². The van der Waals surface area contributed by atoms with Crippen LogP contribution in [-0.2, 0) is 17.8 Å². The van der Waals surface area contributed by atoms with Gasteiger partial charge in [0.25, 0.3) is 5.56 Å². The Balaban J connectivity index is 1.96. The number of aromatic nitrogens is 2. The lowest BCUT2D eigenvalue weighted by atomic mass is 9.96. The summed E-state index contributed by atoms with van der Waals surface area (Å²) in [5.41, 5.74) is 3.04. The van der Waals surface area contributed by atoms with Crippen molar-refractivity contribution in [3.05, 3.63) is 55.4 Å². The Morgan fingerprint density at radius 3 is 2.72 bits per heavy atom. The highest BCUT2D eigenvalue weighted by molar-refractivity contribution is 7.71. The Bertz CT molecular complexity index is 1060. The topological polar surface area (TPSA) is 47.0 Å². The molecule has 3 aromatic rings. The van der Waals surface area contributed by atoms with Crippen molar-refractivity contribution < 1.29 is 4.74 Å². The van der Waals surface area contributed by atoms with Gasteiger partial charge in [0.1, 0.15) is 4.83 Å². The predicted molar refractivity (Wildman–Crippen MR) is 104 cm³/mol. The SMILES string of the molecule is Cc1ccc(-n2c(=S)[nH]c3sc4c(c3c2=O)CC(C(C)C)OC4)cc1. The third-order valence-corrected chi connectivity index (χ3v) is 6.21. The number of benzene rings is 1. The first-order valence-corrected chi connectivity index (χ1v) is 9.66. The van der Waals surface area contributed by atoms with E-state index in [0.717, 1.165) is 38.3 Å². The molecule has 25 heavy (non-hydrogen) atoms. The molecule has 1 N–H and O–H groups in total. The third-order valence-electron chi connectivity index (χ3n) is 4.80. The summed E-state index contributed by atoms with van der Waals surface area (Å²) in [6.07, 6.45) is 0.932. The molecule has 0 aliphatic carbocycles. The molecule has 0 bridgehead atoms. The van der Waals surface area contributed by atoms with Crippen molar-refractivity contribution in [2.24, 2.45) is 5.92 Å². The first kappa shape index (κ1) is 16.7. The van der Waals surface area contributed by atoms with Gasteiger partial charge in [-0.15, -0.1) is 11.3 Å². The highest BCUT2D eigenvalue weighted by Crippen LogP contribution is 2.35. The smallest absolute Gasteiger partial charge is 0.267 e. The third kappa shape index (κ3) is 2.78. The highest BCUT2D eigenvalue weighted by atomic mass is 32.1. The lowest BCUT2D eigenvalue weighted by Crippen LogP contribution is -2.28. The summed E-state index contributed by atoms with van der Waals surface area (Å²) in [5.74, 6) is 0.421. The molecular weight excluding hydrogens is 352 g/mol. The van der Waals surface area contributed by atoms with Gasteiger partial charge in [-0.1, -0.05) is 31.5 Å². The van der Waals surface area contributed by atoms with Crippen molar-refractivity contribution in [3.63, 3.8) is 0 Å². The van der Waals surface area contributed by atoms with Gasteiger partial charge in [0.15, 0.2) is 4.77 Å². The van der Waals surface area contributed by atoms with Gasteiger partial charge in [0.05, 0.1) is 23.8 Å². The van der Waals surface area contributed by atoms with E-state index in [-0.39, 0.29) is 11.7 Å². The number of aromatic amines is 1. The number of hydrogen-bond acceptors (Lipinski definition) is 4. The minimum Gasteiger partial charge on any atom is -0.372 e. The molecule has 2 aromatic heterocycles. The second kappa shape index (κ2) is 6.20. The van der Waals surface area contributed by atoms with Gasteiger partial charge in [-0.3, -0.25) is 9.36 Å².